The molecule has 0 radical (unpaired) electrons. The van der Waals surface area contributed by atoms with Crippen molar-refractivity contribution in [2.24, 2.45) is 0 Å². The van der Waals surface area contributed by atoms with Crippen molar-refractivity contribution in [3.63, 3.8) is 0 Å². The van der Waals surface area contributed by atoms with E-state index in [2.05, 4.69) is 30.9 Å². The average molecular weight is 374 g/mol. The predicted octanol–water partition coefficient (Wildman–Crippen LogP) is 3.60. The highest BCUT2D eigenvalue weighted by molar-refractivity contribution is 8.00. The van der Waals surface area contributed by atoms with E-state index in [1.165, 1.54) is 6.20 Å². The van der Waals surface area contributed by atoms with Crippen molar-refractivity contribution in [3.05, 3.63) is 36.4 Å². The molecule has 0 saturated carbocycles. The van der Waals surface area contributed by atoms with E-state index in [9.17, 15) is 4.79 Å². The van der Waals surface area contributed by atoms with Gasteiger partial charge >= 0.3 is 5.97 Å². The Balaban J connectivity index is 2.05. The van der Waals surface area contributed by atoms with Crippen LogP contribution in [0.25, 0.3) is 11.5 Å². The van der Waals surface area contributed by atoms with Gasteiger partial charge in [-0.25, -0.2) is 14.5 Å². The van der Waals surface area contributed by atoms with Gasteiger partial charge in [0.1, 0.15) is 11.4 Å². The first-order chi connectivity index (χ1) is 12.3. The van der Waals surface area contributed by atoms with Crippen molar-refractivity contribution >= 4 is 23.4 Å². The van der Waals surface area contributed by atoms with Crippen LogP contribution < -0.4 is 4.74 Å². The summed E-state index contributed by atoms with van der Waals surface area (Å²) in [4.78, 5) is 17.3. The van der Waals surface area contributed by atoms with Crippen molar-refractivity contribution < 1.29 is 14.3 Å². The monoisotopic (exact) mass is 374 g/mol. The molecule has 0 aliphatic rings. The van der Waals surface area contributed by atoms with Gasteiger partial charge in [0, 0.05) is 23.2 Å². The Labute approximate surface area is 156 Å². The first-order valence-corrected chi connectivity index (χ1v) is 9.10. The summed E-state index contributed by atoms with van der Waals surface area (Å²) in [5.74, 6) is 1.12. The number of fused-ring (bicyclic) bond motifs is 1. The molecule has 0 aromatic carbocycles. The number of methoxy groups -OCH3 is 1. The minimum absolute atomic E-state index is 0.0322. The second kappa shape index (κ2) is 7.03. The number of carbonyl (C=O) groups is 1. The fourth-order valence-electron chi connectivity index (χ4n) is 2.48. The topological polar surface area (TPSA) is 70.6 Å². The molecule has 3 aromatic rings. The minimum Gasteiger partial charge on any atom is -0.495 e. The van der Waals surface area contributed by atoms with Crippen molar-refractivity contribution in [2.75, 3.05) is 13.7 Å². The lowest BCUT2D eigenvalue weighted by Gasteiger charge is -2.19. The number of pyridine rings is 1. The zero-order valence-electron chi connectivity index (χ0n) is 15.5. The molecule has 0 saturated heterocycles. The van der Waals surface area contributed by atoms with Gasteiger partial charge in [-0.15, -0.1) is 11.8 Å². The van der Waals surface area contributed by atoms with Crippen molar-refractivity contribution in [1.29, 1.82) is 0 Å². The van der Waals surface area contributed by atoms with Crippen LogP contribution in [0.1, 0.15) is 38.1 Å². The molecular weight excluding hydrogens is 352 g/mol. The molecule has 8 heteroatoms. The maximum atomic E-state index is 11.9. The summed E-state index contributed by atoms with van der Waals surface area (Å²) >= 11 is 1.71. The molecule has 0 amide bonds. The second-order valence-electron chi connectivity index (χ2n) is 6.66. The lowest BCUT2D eigenvalue weighted by Crippen LogP contribution is -2.08. The Kier molecular flexibility index (Phi) is 4.95. The van der Waals surface area contributed by atoms with Crippen LogP contribution in [0.3, 0.4) is 0 Å². The highest BCUT2D eigenvalue weighted by atomic mass is 32.2. The molecule has 0 unspecified atom stereocenters. The quantitative estimate of drug-likeness (QED) is 0.502. The highest BCUT2D eigenvalue weighted by Gasteiger charge is 2.19. The van der Waals surface area contributed by atoms with E-state index in [4.69, 9.17) is 9.47 Å². The van der Waals surface area contributed by atoms with Gasteiger partial charge in [-0.2, -0.15) is 5.10 Å². The molecule has 0 aliphatic carbocycles. The van der Waals surface area contributed by atoms with Gasteiger partial charge in [0.2, 0.25) is 0 Å². The lowest BCUT2D eigenvalue weighted by atomic mass is 10.3. The third-order valence-corrected chi connectivity index (χ3v) is 4.66. The number of thioether (sulfide) groups is 1. The zero-order chi connectivity index (χ0) is 18.9. The van der Waals surface area contributed by atoms with Gasteiger partial charge < -0.3 is 9.47 Å². The summed E-state index contributed by atoms with van der Waals surface area (Å²) in [7, 11) is 1.65. The van der Waals surface area contributed by atoms with Crippen LogP contribution in [0, 0.1) is 0 Å². The standard InChI is InChI=1S/C18H22N4O3S/c1-6-25-17(23)12-8-20-22(10-12)16-9-19-15-7-13(24-5)14(11-21(15)16)26-18(2,3)4/h7-11H,6H2,1-5H3. The first-order valence-electron chi connectivity index (χ1n) is 8.28. The number of ether oxygens (including phenoxy) is 2. The smallest absolute Gasteiger partial charge is 0.341 e. The van der Waals surface area contributed by atoms with E-state index >= 15 is 0 Å². The zero-order valence-corrected chi connectivity index (χ0v) is 16.3. The summed E-state index contributed by atoms with van der Waals surface area (Å²) in [5.41, 5.74) is 1.14. The number of rotatable bonds is 5. The normalized spacial score (nSPS) is 11.7. The molecule has 7 nitrogen and oxygen atoms in total. The highest BCUT2D eigenvalue weighted by Crippen LogP contribution is 2.38. The maximum absolute atomic E-state index is 11.9. The molecule has 0 fully saturated rings. The summed E-state index contributed by atoms with van der Waals surface area (Å²) in [6.45, 7) is 8.54. The largest absolute Gasteiger partial charge is 0.495 e. The van der Waals surface area contributed by atoms with Crippen molar-refractivity contribution in [2.45, 2.75) is 37.3 Å². The second-order valence-corrected chi connectivity index (χ2v) is 8.53. The van der Waals surface area contributed by atoms with Gasteiger partial charge in [0.05, 0.1) is 36.6 Å². The number of hydrogen-bond donors (Lipinski definition) is 0. The van der Waals surface area contributed by atoms with Crippen LogP contribution in [-0.4, -0.2) is 43.6 Å². The number of esters is 1. The Bertz CT molecular complexity index is 940. The number of carbonyl (C=O) groups excluding carboxylic acids is 1. The van der Waals surface area contributed by atoms with Gasteiger partial charge in [0.25, 0.3) is 0 Å². The average Bonchev–Trinajstić information content (AvgIpc) is 3.19. The molecule has 0 aliphatic heterocycles. The summed E-state index contributed by atoms with van der Waals surface area (Å²) in [6.07, 6.45) is 6.83. The maximum Gasteiger partial charge on any atom is 0.341 e. The van der Waals surface area contributed by atoms with E-state index in [0.717, 1.165) is 22.1 Å². The van der Waals surface area contributed by atoms with Gasteiger partial charge in [-0.1, -0.05) is 20.8 Å². The number of nitrogens with zero attached hydrogens (tertiary/aromatic N) is 4. The first kappa shape index (κ1) is 18.3. The van der Waals surface area contributed by atoms with Crippen LogP contribution in [0.2, 0.25) is 0 Å². The molecule has 3 aromatic heterocycles. The third kappa shape index (κ3) is 3.70. The van der Waals surface area contributed by atoms with Crippen molar-refractivity contribution in [3.8, 4) is 11.6 Å². The summed E-state index contributed by atoms with van der Waals surface area (Å²) in [6, 6.07) is 1.90. The van der Waals surface area contributed by atoms with Crippen LogP contribution >= 0.6 is 11.8 Å². The number of hydrogen-bond acceptors (Lipinski definition) is 6. The molecule has 0 spiro atoms. The fourth-order valence-corrected chi connectivity index (χ4v) is 3.54. The van der Waals surface area contributed by atoms with E-state index < -0.39 is 5.97 Å². The molecule has 0 N–H and O–H groups in total. The van der Waals surface area contributed by atoms with E-state index in [1.54, 1.807) is 42.9 Å². The van der Waals surface area contributed by atoms with Gasteiger partial charge in [0.15, 0.2) is 5.82 Å². The van der Waals surface area contributed by atoms with Gasteiger partial charge in [-0.05, 0) is 6.92 Å². The Morgan fingerprint density at radius 1 is 1.27 bits per heavy atom. The van der Waals surface area contributed by atoms with Gasteiger partial charge in [-0.3, -0.25) is 4.40 Å². The molecule has 138 valence electrons. The Morgan fingerprint density at radius 2 is 2.04 bits per heavy atom. The minimum atomic E-state index is -0.391. The van der Waals surface area contributed by atoms with Crippen LogP contribution in [0.15, 0.2) is 35.7 Å². The SMILES string of the molecule is CCOC(=O)c1cnn(-c2cnc3cc(OC)c(SC(C)(C)C)cn23)c1. The summed E-state index contributed by atoms with van der Waals surface area (Å²) < 4.78 is 14.1. The number of aromatic nitrogens is 4. The molecule has 26 heavy (non-hydrogen) atoms. The van der Waals surface area contributed by atoms with E-state index in [-0.39, 0.29) is 4.75 Å². The predicted molar refractivity (Wildman–Crippen MR) is 100 cm³/mol. The Hall–Kier alpha value is -2.48. The van der Waals surface area contributed by atoms with Crippen LogP contribution in [0.4, 0.5) is 0 Å². The molecule has 3 rings (SSSR count). The molecular formula is C18H22N4O3S. The van der Waals surface area contributed by atoms with Crippen LogP contribution in [0.5, 0.6) is 5.75 Å². The third-order valence-electron chi connectivity index (χ3n) is 3.52. The molecule has 0 atom stereocenters. The fraction of sp³-hybridized carbons (Fsp3) is 0.389. The molecule has 3 heterocycles. The molecule has 0 bridgehead atoms. The summed E-state index contributed by atoms with van der Waals surface area (Å²) in [5, 5.41) is 4.28. The van der Waals surface area contributed by atoms with E-state index in [0.29, 0.717) is 12.2 Å². The van der Waals surface area contributed by atoms with Crippen LogP contribution in [-0.2, 0) is 4.74 Å². The van der Waals surface area contributed by atoms with E-state index in [1.807, 2.05) is 16.7 Å². The van der Waals surface area contributed by atoms with Crippen molar-refractivity contribution in [1.82, 2.24) is 19.2 Å². The Morgan fingerprint density at radius 3 is 2.69 bits per heavy atom. The number of imidazole rings is 1. The lowest BCUT2D eigenvalue weighted by molar-refractivity contribution is 0.0526.